The van der Waals surface area contributed by atoms with Gasteiger partial charge in [0.2, 0.25) is 5.91 Å². The maximum absolute atomic E-state index is 12.6. The van der Waals surface area contributed by atoms with Crippen molar-refractivity contribution in [2.24, 2.45) is 0 Å². The lowest BCUT2D eigenvalue weighted by atomic mass is 10.2. The third-order valence-corrected chi connectivity index (χ3v) is 4.52. The molecule has 1 amide bonds. The molecule has 6 heteroatoms. The molecule has 1 aliphatic rings. The Labute approximate surface area is 156 Å². The van der Waals surface area contributed by atoms with Gasteiger partial charge in [0.1, 0.15) is 11.0 Å². The number of anilines is 2. The number of benzene rings is 2. The molecule has 1 aliphatic heterocycles. The van der Waals surface area contributed by atoms with E-state index in [2.05, 4.69) is 9.97 Å². The molecule has 0 spiro atoms. The highest BCUT2D eigenvalue weighted by Crippen LogP contribution is 2.24. The minimum absolute atomic E-state index is 0.0402. The summed E-state index contributed by atoms with van der Waals surface area (Å²) in [5, 5.41) is 0.367. The van der Waals surface area contributed by atoms with Gasteiger partial charge in [-0.05, 0) is 12.1 Å². The smallest absolute Gasteiger partial charge is 0.246 e. The van der Waals surface area contributed by atoms with Crippen molar-refractivity contribution in [1.82, 2.24) is 9.97 Å². The van der Waals surface area contributed by atoms with Crippen LogP contribution in [0.5, 0.6) is 0 Å². The summed E-state index contributed by atoms with van der Waals surface area (Å²) in [6.45, 7) is 1.55. The van der Waals surface area contributed by atoms with E-state index in [0.717, 1.165) is 11.3 Å². The summed E-state index contributed by atoms with van der Waals surface area (Å²) in [7, 11) is 0. The molecule has 0 unspecified atom stereocenters. The first-order valence-corrected chi connectivity index (χ1v) is 8.79. The van der Waals surface area contributed by atoms with Crippen LogP contribution in [0.2, 0.25) is 5.15 Å². The number of rotatable bonds is 3. The number of piperazine rings is 1. The Hall–Kier alpha value is -2.92. The van der Waals surface area contributed by atoms with Gasteiger partial charge < -0.3 is 9.80 Å². The lowest BCUT2D eigenvalue weighted by Crippen LogP contribution is -2.51. The summed E-state index contributed by atoms with van der Waals surface area (Å²) < 4.78 is 0. The summed E-state index contributed by atoms with van der Waals surface area (Å²) >= 11 is 6.21. The third kappa shape index (κ3) is 3.39. The quantitative estimate of drug-likeness (QED) is 0.666. The van der Waals surface area contributed by atoms with Gasteiger partial charge in [0, 0.05) is 30.4 Å². The van der Waals surface area contributed by atoms with Gasteiger partial charge in [0.05, 0.1) is 6.54 Å². The molecule has 1 aromatic heterocycles. The van der Waals surface area contributed by atoms with Crippen LogP contribution < -0.4 is 9.80 Å². The van der Waals surface area contributed by atoms with E-state index in [1.807, 2.05) is 65.6 Å². The van der Waals surface area contributed by atoms with Crippen LogP contribution in [0.15, 0.2) is 66.7 Å². The number of para-hydroxylation sites is 1. The third-order valence-electron chi connectivity index (χ3n) is 4.33. The van der Waals surface area contributed by atoms with Crippen LogP contribution in [0.3, 0.4) is 0 Å². The zero-order chi connectivity index (χ0) is 17.9. The van der Waals surface area contributed by atoms with Crippen LogP contribution in [0, 0.1) is 0 Å². The lowest BCUT2D eigenvalue weighted by molar-refractivity contribution is -0.117. The molecular formula is C20H17ClN4O. The molecule has 1 fully saturated rings. The maximum Gasteiger partial charge on any atom is 0.246 e. The van der Waals surface area contributed by atoms with Gasteiger partial charge in [0.15, 0.2) is 5.82 Å². The molecule has 0 atom stereocenters. The summed E-state index contributed by atoms with van der Waals surface area (Å²) in [5.74, 6) is 1.27. The zero-order valence-corrected chi connectivity index (χ0v) is 14.8. The molecule has 2 heterocycles. The van der Waals surface area contributed by atoms with Crippen LogP contribution in [-0.4, -0.2) is 35.5 Å². The highest BCUT2D eigenvalue weighted by atomic mass is 35.5. The van der Waals surface area contributed by atoms with Crippen molar-refractivity contribution in [2.45, 2.75) is 0 Å². The number of hydrogen-bond acceptors (Lipinski definition) is 4. The molecule has 0 saturated carbocycles. The fraction of sp³-hybridized carbons (Fsp3) is 0.150. The summed E-state index contributed by atoms with van der Waals surface area (Å²) in [4.78, 5) is 25.3. The second-order valence-corrected chi connectivity index (χ2v) is 6.43. The number of hydrogen-bond donors (Lipinski definition) is 0. The Morgan fingerprint density at radius 2 is 1.58 bits per heavy atom. The number of aromatic nitrogens is 2. The van der Waals surface area contributed by atoms with E-state index in [4.69, 9.17) is 11.6 Å². The number of carbonyl (C=O) groups excluding carboxylic acids is 1. The number of amides is 1. The fourth-order valence-corrected chi connectivity index (χ4v) is 3.21. The van der Waals surface area contributed by atoms with Crippen LogP contribution in [0.4, 0.5) is 11.5 Å². The van der Waals surface area contributed by atoms with E-state index >= 15 is 0 Å². The van der Waals surface area contributed by atoms with E-state index in [-0.39, 0.29) is 12.5 Å². The van der Waals surface area contributed by atoms with E-state index in [0.29, 0.717) is 29.9 Å². The van der Waals surface area contributed by atoms with Crippen molar-refractivity contribution in [3.63, 3.8) is 0 Å². The second kappa shape index (κ2) is 7.14. The SMILES string of the molecule is O=C1CN(c2cc(Cl)nc(-c3ccccc3)n2)CCN1c1ccccc1. The van der Waals surface area contributed by atoms with Gasteiger partial charge in [-0.1, -0.05) is 60.1 Å². The van der Waals surface area contributed by atoms with Gasteiger partial charge in [-0.15, -0.1) is 0 Å². The van der Waals surface area contributed by atoms with Crippen LogP contribution in [0.25, 0.3) is 11.4 Å². The summed E-state index contributed by atoms with van der Waals surface area (Å²) in [6.07, 6.45) is 0. The van der Waals surface area contributed by atoms with Crippen molar-refractivity contribution >= 4 is 29.0 Å². The highest BCUT2D eigenvalue weighted by Gasteiger charge is 2.26. The minimum Gasteiger partial charge on any atom is -0.345 e. The lowest BCUT2D eigenvalue weighted by Gasteiger charge is -2.35. The Morgan fingerprint density at radius 3 is 2.27 bits per heavy atom. The van der Waals surface area contributed by atoms with Gasteiger partial charge in [0.25, 0.3) is 0 Å². The number of carbonyl (C=O) groups is 1. The standard InChI is InChI=1S/C20H17ClN4O/c21-17-13-18(23-20(22-17)15-7-3-1-4-8-15)24-11-12-25(19(26)14-24)16-9-5-2-6-10-16/h1-10,13H,11-12,14H2. The van der Waals surface area contributed by atoms with Crippen molar-refractivity contribution < 1.29 is 4.79 Å². The Balaban J connectivity index is 1.58. The maximum atomic E-state index is 12.6. The molecule has 0 bridgehead atoms. The molecule has 3 aromatic rings. The Kier molecular flexibility index (Phi) is 4.54. The molecule has 0 radical (unpaired) electrons. The Morgan fingerprint density at radius 1 is 0.885 bits per heavy atom. The topological polar surface area (TPSA) is 49.3 Å². The van der Waals surface area contributed by atoms with E-state index in [1.165, 1.54) is 0 Å². The molecule has 0 N–H and O–H groups in total. The molecule has 1 saturated heterocycles. The molecule has 5 nitrogen and oxygen atoms in total. The first-order valence-electron chi connectivity index (χ1n) is 8.41. The van der Waals surface area contributed by atoms with Crippen molar-refractivity contribution in [1.29, 1.82) is 0 Å². The number of halogens is 1. The predicted molar refractivity (Wildman–Crippen MR) is 103 cm³/mol. The molecule has 0 aliphatic carbocycles. The van der Waals surface area contributed by atoms with E-state index < -0.39 is 0 Å². The first kappa shape index (κ1) is 16.5. The normalized spacial score (nSPS) is 14.6. The average Bonchev–Trinajstić information content (AvgIpc) is 2.69. The summed E-state index contributed by atoms with van der Waals surface area (Å²) in [5.41, 5.74) is 1.81. The molecule has 4 rings (SSSR count). The van der Waals surface area contributed by atoms with Gasteiger partial charge >= 0.3 is 0 Å². The van der Waals surface area contributed by atoms with Gasteiger partial charge in [-0.2, -0.15) is 0 Å². The van der Waals surface area contributed by atoms with E-state index in [9.17, 15) is 4.79 Å². The molecule has 130 valence electrons. The van der Waals surface area contributed by atoms with Gasteiger partial charge in [-0.25, -0.2) is 9.97 Å². The van der Waals surface area contributed by atoms with Crippen molar-refractivity contribution in [2.75, 3.05) is 29.4 Å². The second-order valence-electron chi connectivity index (χ2n) is 6.04. The van der Waals surface area contributed by atoms with Crippen molar-refractivity contribution in [3.05, 3.63) is 71.9 Å². The zero-order valence-electron chi connectivity index (χ0n) is 14.0. The fourth-order valence-electron chi connectivity index (χ4n) is 3.03. The highest BCUT2D eigenvalue weighted by molar-refractivity contribution is 6.29. The van der Waals surface area contributed by atoms with Crippen molar-refractivity contribution in [3.8, 4) is 11.4 Å². The molecule has 26 heavy (non-hydrogen) atoms. The van der Waals surface area contributed by atoms with Gasteiger partial charge in [-0.3, -0.25) is 4.79 Å². The minimum atomic E-state index is 0.0402. The summed E-state index contributed by atoms with van der Waals surface area (Å²) in [6, 6.07) is 21.1. The van der Waals surface area contributed by atoms with Crippen LogP contribution in [-0.2, 0) is 4.79 Å². The van der Waals surface area contributed by atoms with E-state index in [1.54, 1.807) is 11.0 Å². The molecular weight excluding hydrogens is 348 g/mol. The number of nitrogens with zero attached hydrogens (tertiary/aromatic N) is 4. The van der Waals surface area contributed by atoms with Crippen LogP contribution >= 0.6 is 11.6 Å². The monoisotopic (exact) mass is 364 g/mol. The predicted octanol–water partition coefficient (Wildman–Crippen LogP) is 3.65. The first-order chi connectivity index (χ1) is 12.7. The average molecular weight is 365 g/mol. The molecule has 2 aromatic carbocycles. The van der Waals surface area contributed by atoms with Crippen LogP contribution in [0.1, 0.15) is 0 Å². The largest absolute Gasteiger partial charge is 0.345 e. The Bertz CT molecular complexity index is 918.